The van der Waals surface area contributed by atoms with E-state index in [1.165, 1.54) is 25.0 Å². The Balaban J connectivity index is 1.59. The number of hydrogen-bond donors (Lipinski definition) is 1. The van der Waals surface area contributed by atoms with Crippen molar-refractivity contribution in [1.29, 1.82) is 0 Å². The van der Waals surface area contributed by atoms with Crippen LogP contribution in [0.5, 0.6) is 5.75 Å². The fraction of sp³-hybridized carbons (Fsp3) is 0.250. The Morgan fingerprint density at radius 3 is 2.65 bits per heavy atom. The minimum Gasteiger partial charge on any atom is -0.435 e. The maximum absolute atomic E-state index is 12.2. The predicted molar refractivity (Wildman–Crippen MR) is 81.3 cm³/mol. The Hall–Kier alpha value is -2.70. The van der Waals surface area contributed by atoms with Gasteiger partial charge in [0, 0.05) is 23.9 Å². The first-order valence-corrected chi connectivity index (χ1v) is 7.35. The van der Waals surface area contributed by atoms with Gasteiger partial charge in [0.2, 0.25) is 0 Å². The summed E-state index contributed by atoms with van der Waals surface area (Å²) in [5.41, 5.74) is 2.60. The van der Waals surface area contributed by atoms with Crippen molar-refractivity contribution in [3.05, 3.63) is 48.3 Å². The largest absolute Gasteiger partial charge is 0.435 e. The van der Waals surface area contributed by atoms with Gasteiger partial charge in [0.1, 0.15) is 11.6 Å². The highest BCUT2D eigenvalue weighted by Crippen LogP contribution is 2.39. The van der Waals surface area contributed by atoms with Crippen molar-refractivity contribution in [2.75, 3.05) is 5.32 Å². The average Bonchev–Trinajstić information content (AvgIpc) is 3.28. The number of fused-ring (bicyclic) bond motifs is 1. The third-order valence-corrected chi connectivity index (χ3v) is 3.72. The molecule has 2 aromatic heterocycles. The smallest absolute Gasteiger partial charge is 0.387 e. The van der Waals surface area contributed by atoms with Gasteiger partial charge in [-0.2, -0.15) is 18.4 Å². The van der Waals surface area contributed by atoms with Crippen LogP contribution in [0.2, 0.25) is 0 Å². The molecule has 1 aromatic carbocycles. The predicted octanol–water partition coefficient (Wildman–Crippen LogP) is 3.95. The zero-order chi connectivity index (χ0) is 15.8. The highest BCUT2D eigenvalue weighted by molar-refractivity contribution is 5.60. The molecular weight excluding hydrogens is 302 g/mol. The van der Waals surface area contributed by atoms with Crippen molar-refractivity contribution >= 4 is 17.2 Å². The highest BCUT2D eigenvalue weighted by Gasteiger charge is 2.26. The fourth-order valence-corrected chi connectivity index (χ4v) is 2.45. The SMILES string of the molecule is FC(F)Oc1ccc(Nc2ccnc3cc(C4CC4)nn23)cc1. The van der Waals surface area contributed by atoms with Crippen LogP contribution in [0.4, 0.5) is 20.3 Å². The molecule has 0 saturated heterocycles. The number of rotatable bonds is 5. The molecule has 1 saturated carbocycles. The van der Waals surface area contributed by atoms with E-state index in [2.05, 4.69) is 20.1 Å². The minimum absolute atomic E-state index is 0.125. The van der Waals surface area contributed by atoms with Gasteiger partial charge in [-0.25, -0.2) is 4.98 Å². The van der Waals surface area contributed by atoms with Crippen molar-refractivity contribution in [3.63, 3.8) is 0 Å². The van der Waals surface area contributed by atoms with Crippen LogP contribution in [0.25, 0.3) is 5.65 Å². The normalized spacial score (nSPS) is 14.4. The molecule has 2 heterocycles. The quantitative estimate of drug-likeness (QED) is 0.774. The van der Waals surface area contributed by atoms with Crippen molar-refractivity contribution in [3.8, 4) is 5.75 Å². The van der Waals surface area contributed by atoms with Gasteiger partial charge in [-0.05, 0) is 43.2 Å². The first kappa shape index (κ1) is 13.9. The minimum atomic E-state index is -2.82. The van der Waals surface area contributed by atoms with Gasteiger partial charge in [-0.1, -0.05) is 0 Å². The first-order valence-electron chi connectivity index (χ1n) is 7.35. The number of hydrogen-bond acceptors (Lipinski definition) is 4. The van der Waals surface area contributed by atoms with E-state index in [1.807, 2.05) is 12.1 Å². The summed E-state index contributed by atoms with van der Waals surface area (Å²) < 4.78 is 30.4. The molecule has 4 rings (SSSR count). The van der Waals surface area contributed by atoms with Gasteiger partial charge in [0.05, 0.1) is 5.69 Å². The lowest BCUT2D eigenvalue weighted by atomic mass is 10.3. The Kier molecular flexibility index (Phi) is 3.33. The summed E-state index contributed by atoms with van der Waals surface area (Å²) in [6, 6.07) is 10.2. The zero-order valence-electron chi connectivity index (χ0n) is 12.1. The lowest BCUT2D eigenvalue weighted by Crippen LogP contribution is -2.03. The summed E-state index contributed by atoms with van der Waals surface area (Å²) in [5.74, 6) is 1.44. The second-order valence-electron chi connectivity index (χ2n) is 5.47. The fourth-order valence-electron chi connectivity index (χ4n) is 2.45. The number of benzene rings is 1. The second kappa shape index (κ2) is 5.49. The molecule has 0 aliphatic heterocycles. The second-order valence-corrected chi connectivity index (χ2v) is 5.47. The number of alkyl halides is 2. The molecular formula is C16H14F2N4O. The van der Waals surface area contributed by atoms with Crippen molar-refractivity contribution < 1.29 is 13.5 Å². The van der Waals surface area contributed by atoms with Crippen LogP contribution in [0.15, 0.2) is 42.6 Å². The van der Waals surface area contributed by atoms with Crippen LogP contribution in [-0.2, 0) is 0 Å². The van der Waals surface area contributed by atoms with E-state index in [9.17, 15) is 8.78 Å². The van der Waals surface area contributed by atoms with E-state index in [-0.39, 0.29) is 5.75 Å². The Labute approximate surface area is 130 Å². The van der Waals surface area contributed by atoms with Crippen molar-refractivity contribution in [2.24, 2.45) is 0 Å². The molecule has 1 aliphatic rings. The number of aromatic nitrogens is 3. The van der Waals surface area contributed by atoms with E-state index in [0.717, 1.165) is 22.8 Å². The summed E-state index contributed by atoms with van der Waals surface area (Å²) >= 11 is 0. The third-order valence-electron chi connectivity index (χ3n) is 3.72. The molecule has 0 unspecified atom stereocenters. The number of halogens is 2. The highest BCUT2D eigenvalue weighted by atomic mass is 19.3. The molecule has 1 aliphatic carbocycles. The maximum atomic E-state index is 12.2. The number of anilines is 2. The lowest BCUT2D eigenvalue weighted by molar-refractivity contribution is -0.0498. The molecule has 3 aromatic rings. The molecule has 118 valence electrons. The lowest BCUT2D eigenvalue weighted by Gasteiger charge is -2.09. The van der Waals surface area contributed by atoms with Gasteiger partial charge >= 0.3 is 6.61 Å². The van der Waals surface area contributed by atoms with Crippen LogP contribution >= 0.6 is 0 Å². The molecule has 1 fully saturated rings. The van der Waals surface area contributed by atoms with Crippen molar-refractivity contribution in [1.82, 2.24) is 14.6 Å². The zero-order valence-corrected chi connectivity index (χ0v) is 12.1. The van der Waals surface area contributed by atoms with Crippen LogP contribution < -0.4 is 10.1 Å². The van der Waals surface area contributed by atoms with Gasteiger partial charge < -0.3 is 10.1 Å². The van der Waals surface area contributed by atoms with Crippen LogP contribution in [0, 0.1) is 0 Å². The Morgan fingerprint density at radius 2 is 1.96 bits per heavy atom. The van der Waals surface area contributed by atoms with Crippen LogP contribution in [0.1, 0.15) is 24.5 Å². The first-order chi connectivity index (χ1) is 11.2. The molecule has 0 amide bonds. The summed E-state index contributed by atoms with van der Waals surface area (Å²) in [6.07, 6.45) is 4.07. The van der Waals surface area contributed by atoms with Gasteiger partial charge in [-0.3, -0.25) is 0 Å². The van der Waals surface area contributed by atoms with E-state index >= 15 is 0 Å². The van der Waals surface area contributed by atoms with E-state index in [0.29, 0.717) is 5.92 Å². The molecule has 0 atom stereocenters. The summed E-state index contributed by atoms with van der Waals surface area (Å²) in [7, 11) is 0. The van der Waals surface area contributed by atoms with Gasteiger partial charge in [0.25, 0.3) is 0 Å². The molecule has 0 bridgehead atoms. The third kappa shape index (κ3) is 2.94. The molecule has 5 nitrogen and oxygen atoms in total. The maximum Gasteiger partial charge on any atom is 0.387 e. The number of ether oxygens (including phenoxy) is 1. The number of nitrogens with zero attached hydrogens (tertiary/aromatic N) is 3. The molecule has 0 radical (unpaired) electrons. The molecule has 23 heavy (non-hydrogen) atoms. The van der Waals surface area contributed by atoms with Crippen LogP contribution in [-0.4, -0.2) is 21.2 Å². The monoisotopic (exact) mass is 316 g/mol. The Bertz CT molecular complexity index is 828. The average molecular weight is 316 g/mol. The van der Waals surface area contributed by atoms with E-state index in [4.69, 9.17) is 0 Å². The van der Waals surface area contributed by atoms with Gasteiger partial charge in [0.15, 0.2) is 5.65 Å². The van der Waals surface area contributed by atoms with Crippen LogP contribution in [0.3, 0.4) is 0 Å². The Morgan fingerprint density at radius 1 is 1.17 bits per heavy atom. The van der Waals surface area contributed by atoms with E-state index < -0.39 is 6.61 Å². The summed E-state index contributed by atoms with van der Waals surface area (Å²) in [6.45, 7) is -2.82. The standard InChI is InChI=1S/C16H14F2N4O/c17-16(18)23-12-5-3-11(4-6-12)20-14-7-8-19-15-9-13(10-1-2-10)21-22(14)15/h3-10,16,20H,1-2H2. The molecule has 1 N–H and O–H groups in total. The molecule has 7 heteroatoms. The molecule has 0 spiro atoms. The summed E-state index contributed by atoms with van der Waals surface area (Å²) in [4.78, 5) is 4.32. The van der Waals surface area contributed by atoms with E-state index in [1.54, 1.807) is 22.8 Å². The topological polar surface area (TPSA) is 51.5 Å². The van der Waals surface area contributed by atoms with Gasteiger partial charge in [-0.15, -0.1) is 0 Å². The number of nitrogens with one attached hydrogen (secondary N) is 1. The summed E-state index contributed by atoms with van der Waals surface area (Å²) in [5, 5.41) is 7.81. The van der Waals surface area contributed by atoms with Crippen molar-refractivity contribution in [2.45, 2.75) is 25.4 Å².